The first-order valence-electron chi connectivity index (χ1n) is 7.20. The molecule has 0 aromatic heterocycles. The minimum atomic E-state index is -0.173. The summed E-state index contributed by atoms with van der Waals surface area (Å²) in [5.41, 5.74) is 0.191. The SMILES string of the molecule is CCO[C@H]1C[C@@H](N(C)CCN2CCOC2=O)C1(C)C. The first-order chi connectivity index (χ1) is 8.96. The summed E-state index contributed by atoms with van der Waals surface area (Å²) in [6, 6.07) is 0.530. The monoisotopic (exact) mass is 270 g/mol. The summed E-state index contributed by atoms with van der Waals surface area (Å²) in [6.45, 7) is 10.3. The Balaban J connectivity index is 1.78. The Bertz CT molecular complexity index is 333. The van der Waals surface area contributed by atoms with Crippen LogP contribution in [0.25, 0.3) is 0 Å². The Hall–Kier alpha value is -0.810. The van der Waals surface area contributed by atoms with E-state index < -0.39 is 0 Å². The molecule has 19 heavy (non-hydrogen) atoms. The topological polar surface area (TPSA) is 42.0 Å². The molecule has 5 heteroatoms. The summed E-state index contributed by atoms with van der Waals surface area (Å²) in [6.07, 6.45) is 1.28. The number of ether oxygens (including phenoxy) is 2. The minimum absolute atomic E-state index is 0.173. The average Bonchev–Trinajstić information content (AvgIpc) is 2.77. The van der Waals surface area contributed by atoms with Crippen molar-refractivity contribution in [3.63, 3.8) is 0 Å². The van der Waals surface area contributed by atoms with E-state index in [9.17, 15) is 4.79 Å². The van der Waals surface area contributed by atoms with Crippen molar-refractivity contribution in [1.29, 1.82) is 0 Å². The van der Waals surface area contributed by atoms with Crippen LogP contribution in [0.5, 0.6) is 0 Å². The Morgan fingerprint density at radius 3 is 2.79 bits per heavy atom. The van der Waals surface area contributed by atoms with Gasteiger partial charge in [0, 0.05) is 31.2 Å². The maximum atomic E-state index is 11.4. The number of likely N-dealkylation sites (N-methyl/N-ethyl adjacent to an activating group) is 1. The van der Waals surface area contributed by atoms with Gasteiger partial charge in [-0.2, -0.15) is 0 Å². The van der Waals surface area contributed by atoms with Gasteiger partial charge in [0.05, 0.1) is 12.6 Å². The van der Waals surface area contributed by atoms with E-state index in [1.54, 1.807) is 4.90 Å². The highest BCUT2D eigenvalue weighted by Gasteiger charge is 2.50. The van der Waals surface area contributed by atoms with Crippen LogP contribution in [0.2, 0.25) is 0 Å². The first-order valence-corrected chi connectivity index (χ1v) is 7.20. The van der Waals surface area contributed by atoms with E-state index in [1.165, 1.54) is 0 Å². The van der Waals surface area contributed by atoms with E-state index in [0.29, 0.717) is 18.8 Å². The van der Waals surface area contributed by atoms with Crippen molar-refractivity contribution in [2.24, 2.45) is 5.41 Å². The molecule has 1 amide bonds. The van der Waals surface area contributed by atoms with E-state index in [2.05, 4.69) is 25.8 Å². The number of carbonyl (C=O) groups is 1. The molecule has 0 aromatic rings. The number of carbonyl (C=O) groups excluding carboxylic acids is 1. The van der Waals surface area contributed by atoms with Crippen LogP contribution in [-0.4, -0.2) is 67.9 Å². The van der Waals surface area contributed by atoms with Crippen molar-refractivity contribution >= 4 is 6.09 Å². The summed E-state index contributed by atoms with van der Waals surface area (Å²) in [7, 11) is 2.13. The Kier molecular flexibility index (Phi) is 4.36. The largest absolute Gasteiger partial charge is 0.448 e. The maximum absolute atomic E-state index is 11.4. The molecule has 2 fully saturated rings. The molecule has 0 aromatic carbocycles. The molecule has 0 bridgehead atoms. The number of amides is 1. The van der Waals surface area contributed by atoms with E-state index in [1.807, 2.05) is 6.92 Å². The number of nitrogens with zero attached hydrogens (tertiary/aromatic N) is 2. The van der Waals surface area contributed by atoms with Crippen LogP contribution in [0, 0.1) is 5.41 Å². The van der Waals surface area contributed by atoms with Gasteiger partial charge in [0.1, 0.15) is 6.61 Å². The average molecular weight is 270 g/mol. The van der Waals surface area contributed by atoms with Gasteiger partial charge in [0.25, 0.3) is 0 Å². The lowest BCUT2D eigenvalue weighted by Gasteiger charge is -2.55. The summed E-state index contributed by atoms with van der Waals surface area (Å²) < 4.78 is 10.7. The molecule has 1 saturated heterocycles. The second kappa shape index (κ2) is 5.67. The molecule has 0 radical (unpaired) electrons. The molecular formula is C14H26N2O3. The number of cyclic esters (lactones) is 1. The fourth-order valence-corrected chi connectivity index (χ4v) is 3.16. The third kappa shape index (κ3) is 2.87. The zero-order valence-electron chi connectivity index (χ0n) is 12.5. The standard InChI is InChI=1S/C14H26N2O3/c1-5-18-12-10-11(14(12,2)3)15(4)6-7-16-8-9-19-13(16)17/h11-12H,5-10H2,1-4H3/t11-,12+/m1/s1. The summed E-state index contributed by atoms with van der Waals surface area (Å²) >= 11 is 0. The molecular weight excluding hydrogens is 244 g/mol. The number of rotatable bonds is 6. The zero-order chi connectivity index (χ0) is 14.0. The van der Waals surface area contributed by atoms with Gasteiger partial charge in [0.15, 0.2) is 0 Å². The molecule has 5 nitrogen and oxygen atoms in total. The van der Waals surface area contributed by atoms with Crippen molar-refractivity contribution in [2.75, 3.05) is 39.9 Å². The number of hydrogen-bond acceptors (Lipinski definition) is 4. The molecule has 0 spiro atoms. The predicted octanol–water partition coefficient (Wildman–Crippen LogP) is 1.57. The molecule has 110 valence electrons. The molecule has 2 aliphatic rings. The van der Waals surface area contributed by atoms with Gasteiger partial charge in [-0.05, 0) is 20.4 Å². The number of hydrogen-bond donors (Lipinski definition) is 0. The normalized spacial score (nSPS) is 29.5. The Morgan fingerprint density at radius 1 is 1.53 bits per heavy atom. The van der Waals surface area contributed by atoms with Crippen molar-refractivity contribution < 1.29 is 14.3 Å². The van der Waals surface area contributed by atoms with Crippen LogP contribution < -0.4 is 0 Å². The third-order valence-electron chi connectivity index (χ3n) is 4.59. The van der Waals surface area contributed by atoms with Gasteiger partial charge in [-0.3, -0.25) is 0 Å². The zero-order valence-corrected chi connectivity index (χ0v) is 12.5. The van der Waals surface area contributed by atoms with Gasteiger partial charge < -0.3 is 19.3 Å². The first kappa shape index (κ1) is 14.6. The highest BCUT2D eigenvalue weighted by atomic mass is 16.6. The lowest BCUT2D eigenvalue weighted by molar-refractivity contribution is -0.145. The third-order valence-corrected chi connectivity index (χ3v) is 4.59. The molecule has 1 aliphatic carbocycles. The van der Waals surface area contributed by atoms with Crippen LogP contribution in [-0.2, 0) is 9.47 Å². The van der Waals surface area contributed by atoms with Crippen molar-refractivity contribution in [1.82, 2.24) is 9.80 Å². The maximum Gasteiger partial charge on any atom is 0.409 e. The van der Waals surface area contributed by atoms with Gasteiger partial charge in [0.2, 0.25) is 0 Å². The fraction of sp³-hybridized carbons (Fsp3) is 0.929. The molecule has 2 rings (SSSR count). The van der Waals surface area contributed by atoms with Crippen molar-refractivity contribution in [3.05, 3.63) is 0 Å². The predicted molar refractivity (Wildman–Crippen MR) is 73.2 cm³/mol. The second-order valence-electron chi connectivity index (χ2n) is 6.10. The highest BCUT2D eigenvalue weighted by molar-refractivity contribution is 5.69. The van der Waals surface area contributed by atoms with E-state index in [0.717, 1.165) is 32.7 Å². The molecule has 1 saturated carbocycles. The van der Waals surface area contributed by atoms with Gasteiger partial charge in [-0.15, -0.1) is 0 Å². The van der Waals surface area contributed by atoms with Gasteiger partial charge in [-0.25, -0.2) is 4.79 Å². The van der Waals surface area contributed by atoms with E-state index in [4.69, 9.17) is 9.47 Å². The van der Waals surface area contributed by atoms with Crippen LogP contribution >= 0.6 is 0 Å². The summed E-state index contributed by atoms with van der Waals surface area (Å²) in [5.74, 6) is 0. The lowest BCUT2D eigenvalue weighted by Crippen LogP contribution is -2.61. The highest BCUT2D eigenvalue weighted by Crippen LogP contribution is 2.45. The van der Waals surface area contributed by atoms with Gasteiger partial charge in [-0.1, -0.05) is 13.8 Å². The minimum Gasteiger partial charge on any atom is -0.448 e. The van der Waals surface area contributed by atoms with Crippen LogP contribution in [0.15, 0.2) is 0 Å². The quantitative estimate of drug-likeness (QED) is 0.735. The van der Waals surface area contributed by atoms with Crippen LogP contribution in [0.3, 0.4) is 0 Å². The molecule has 1 heterocycles. The van der Waals surface area contributed by atoms with Crippen molar-refractivity contribution in [2.45, 2.75) is 39.3 Å². The molecule has 1 aliphatic heterocycles. The van der Waals surface area contributed by atoms with E-state index in [-0.39, 0.29) is 11.5 Å². The summed E-state index contributed by atoms with van der Waals surface area (Å²) in [5, 5.41) is 0. The van der Waals surface area contributed by atoms with Crippen LogP contribution in [0.1, 0.15) is 27.2 Å². The lowest BCUT2D eigenvalue weighted by atomic mass is 9.64. The Labute approximate surface area is 115 Å². The fourth-order valence-electron chi connectivity index (χ4n) is 3.16. The van der Waals surface area contributed by atoms with Crippen molar-refractivity contribution in [3.8, 4) is 0 Å². The Morgan fingerprint density at radius 2 is 2.26 bits per heavy atom. The molecule has 0 N–H and O–H groups in total. The molecule has 2 atom stereocenters. The smallest absolute Gasteiger partial charge is 0.409 e. The second-order valence-corrected chi connectivity index (χ2v) is 6.10. The summed E-state index contributed by atoms with van der Waals surface area (Å²) in [4.78, 5) is 15.5. The van der Waals surface area contributed by atoms with E-state index >= 15 is 0 Å². The molecule has 0 unspecified atom stereocenters. The van der Waals surface area contributed by atoms with Gasteiger partial charge >= 0.3 is 6.09 Å². The van der Waals surface area contributed by atoms with Crippen LogP contribution in [0.4, 0.5) is 4.79 Å².